The number of ether oxygens (including phenoxy) is 1. The van der Waals surface area contributed by atoms with Gasteiger partial charge < -0.3 is 10.1 Å². The standard InChI is InChI=1S/C11H15NO/c1-7-4-5-9(13-3)11-10(7)8(2)6-12-11/h4-5,8,12H,6H2,1-3H3. The third kappa shape index (κ3) is 1.17. The number of methoxy groups -OCH3 is 1. The molecule has 0 saturated heterocycles. The third-order valence-corrected chi connectivity index (χ3v) is 2.72. The largest absolute Gasteiger partial charge is 0.495 e. The van der Waals surface area contributed by atoms with E-state index in [-0.39, 0.29) is 0 Å². The molecule has 0 fully saturated rings. The number of fused-ring (bicyclic) bond motifs is 1. The van der Waals surface area contributed by atoms with Crippen LogP contribution in [0.4, 0.5) is 5.69 Å². The highest BCUT2D eigenvalue weighted by molar-refractivity contribution is 5.68. The summed E-state index contributed by atoms with van der Waals surface area (Å²) in [4.78, 5) is 0. The molecule has 0 spiro atoms. The van der Waals surface area contributed by atoms with Crippen molar-refractivity contribution in [2.45, 2.75) is 19.8 Å². The van der Waals surface area contributed by atoms with Gasteiger partial charge in [0, 0.05) is 12.5 Å². The van der Waals surface area contributed by atoms with Gasteiger partial charge in [0.05, 0.1) is 12.8 Å². The van der Waals surface area contributed by atoms with E-state index < -0.39 is 0 Å². The summed E-state index contributed by atoms with van der Waals surface area (Å²) >= 11 is 0. The highest BCUT2D eigenvalue weighted by Crippen LogP contribution is 2.40. The van der Waals surface area contributed by atoms with Gasteiger partial charge in [0.2, 0.25) is 0 Å². The molecule has 1 aliphatic rings. The van der Waals surface area contributed by atoms with E-state index in [1.807, 2.05) is 6.07 Å². The van der Waals surface area contributed by atoms with Gasteiger partial charge in [0.1, 0.15) is 5.75 Å². The van der Waals surface area contributed by atoms with Crippen LogP contribution < -0.4 is 10.1 Å². The normalized spacial score (nSPS) is 19.5. The Kier molecular flexibility index (Phi) is 1.91. The van der Waals surface area contributed by atoms with Crippen molar-refractivity contribution in [2.24, 2.45) is 0 Å². The number of anilines is 1. The summed E-state index contributed by atoms with van der Waals surface area (Å²) in [7, 11) is 1.72. The summed E-state index contributed by atoms with van der Waals surface area (Å²) < 4.78 is 5.30. The van der Waals surface area contributed by atoms with Crippen molar-refractivity contribution in [3.05, 3.63) is 23.3 Å². The molecule has 0 aliphatic carbocycles. The summed E-state index contributed by atoms with van der Waals surface area (Å²) in [5.41, 5.74) is 3.96. The van der Waals surface area contributed by atoms with Crippen LogP contribution in [0.25, 0.3) is 0 Å². The number of rotatable bonds is 1. The van der Waals surface area contributed by atoms with E-state index in [4.69, 9.17) is 4.74 Å². The van der Waals surface area contributed by atoms with E-state index in [9.17, 15) is 0 Å². The fourth-order valence-electron chi connectivity index (χ4n) is 2.05. The summed E-state index contributed by atoms with van der Waals surface area (Å²) in [5.74, 6) is 1.56. The van der Waals surface area contributed by atoms with Gasteiger partial charge in [-0.1, -0.05) is 13.0 Å². The molecule has 1 aliphatic heterocycles. The maximum Gasteiger partial charge on any atom is 0.142 e. The monoisotopic (exact) mass is 177 g/mol. The minimum Gasteiger partial charge on any atom is -0.495 e. The van der Waals surface area contributed by atoms with Crippen LogP contribution >= 0.6 is 0 Å². The molecule has 1 aromatic carbocycles. The summed E-state index contributed by atoms with van der Waals surface area (Å²) in [5, 5.41) is 3.39. The van der Waals surface area contributed by atoms with Gasteiger partial charge in [-0.15, -0.1) is 0 Å². The van der Waals surface area contributed by atoms with Crippen molar-refractivity contribution >= 4 is 5.69 Å². The zero-order chi connectivity index (χ0) is 9.42. The Hall–Kier alpha value is -1.18. The average Bonchev–Trinajstić information content (AvgIpc) is 2.50. The number of aryl methyl sites for hydroxylation is 1. The molecule has 0 saturated carbocycles. The Bertz CT molecular complexity index is 333. The lowest BCUT2D eigenvalue weighted by molar-refractivity contribution is 0.416. The van der Waals surface area contributed by atoms with Gasteiger partial charge in [0.25, 0.3) is 0 Å². The predicted molar refractivity (Wildman–Crippen MR) is 54.6 cm³/mol. The maximum atomic E-state index is 5.30. The lowest BCUT2D eigenvalue weighted by atomic mass is 9.98. The number of hydrogen-bond acceptors (Lipinski definition) is 2. The van der Waals surface area contributed by atoms with Crippen LogP contribution in [0.15, 0.2) is 12.1 Å². The number of hydrogen-bond donors (Lipinski definition) is 1. The van der Waals surface area contributed by atoms with E-state index in [1.165, 1.54) is 16.8 Å². The zero-order valence-electron chi connectivity index (χ0n) is 8.35. The highest BCUT2D eigenvalue weighted by atomic mass is 16.5. The molecule has 0 radical (unpaired) electrons. The van der Waals surface area contributed by atoms with Crippen LogP contribution in [0.1, 0.15) is 24.0 Å². The van der Waals surface area contributed by atoms with E-state index >= 15 is 0 Å². The van der Waals surface area contributed by atoms with Crippen molar-refractivity contribution in [1.29, 1.82) is 0 Å². The molecule has 2 heteroatoms. The van der Waals surface area contributed by atoms with Gasteiger partial charge in [-0.3, -0.25) is 0 Å². The Balaban J connectivity index is 2.59. The van der Waals surface area contributed by atoms with Crippen LogP contribution in [0.3, 0.4) is 0 Å². The van der Waals surface area contributed by atoms with E-state index in [1.54, 1.807) is 7.11 Å². The van der Waals surface area contributed by atoms with Crippen molar-refractivity contribution in [3.63, 3.8) is 0 Å². The predicted octanol–water partition coefficient (Wildman–Crippen LogP) is 2.53. The summed E-state index contributed by atoms with van der Waals surface area (Å²) in [6, 6.07) is 4.15. The van der Waals surface area contributed by atoms with E-state index in [0.717, 1.165) is 12.3 Å². The Labute approximate surface area is 78.9 Å². The fraction of sp³-hybridized carbons (Fsp3) is 0.455. The molecule has 0 aromatic heterocycles. The quantitative estimate of drug-likeness (QED) is 0.711. The number of benzene rings is 1. The average molecular weight is 177 g/mol. The highest BCUT2D eigenvalue weighted by Gasteiger charge is 2.22. The smallest absolute Gasteiger partial charge is 0.142 e. The van der Waals surface area contributed by atoms with Crippen LogP contribution in [-0.4, -0.2) is 13.7 Å². The van der Waals surface area contributed by atoms with E-state index in [2.05, 4.69) is 25.2 Å². The molecule has 0 bridgehead atoms. The maximum absolute atomic E-state index is 5.30. The molecule has 1 heterocycles. The van der Waals surface area contributed by atoms with Crippen LogP contribution in [-0.2, 0) is 0 Å². The van der Waals surface area contributed by atoms with Crippen LogP contribution in [0.5, 0.6) is 5.75 Å². The first-order valence-corrected chi connectivity index (χ1v) is 4.65. The second kappa shape index (κ2) is 2.95. The first-order valence-electron chi connectivity index (χ1n) is 4.65. The Morgan fingerprint density at radius 1 is 1.46 bits per heavy atom. The van der Waals surface area contributed by atoms with Crippen molar-refractivity contribution in [1.82, 2.24) is 0 Å². The summed E-state index contributed by atoms with van der Waals surface area (Å²) in [6.45, 7) is 5.42. The SMILES string of the molecule is COc1ccc(C)c2c1NCC2C. The molecule has 1 aromatic rings. The molecule has 13 heavy (non-hydrogen) atoms. The van der Waals surface area contributed by atoms with Crippen LogP contribution in [0.2, 0.25) is 0 Å². The first kappa shape index (κ1) is 8.42. The molecular formula is C11H15NO. The van der Waals surface area contributed by atoms with Crippen molar-refractivity contribution in [3.8, 4) is 5.75 Å². The van der Waals surface area contributed by atoms with Crippen molar-refractivity contribution < 1.29 is 4.74 Å². The fourth-order valence-corrected chi connectivity index (χ4v) is 2.05. The zero-order valence-corrected chi connectivity index (χ0v) is 8.35. The van der Waals surface area contributed by atoms with E-state index in [0.29, 0.717) is 5.92 Å². The molecule has 1 N–H and O–H groups in total. The topological polar surface area (TPSA) is 21.3 Å². The second-order valence-corrected chi connectivity index (χ2v) is 3.66. The Morgan fingerprint density at radius 3 is 2.92 bits per heavy atom. The van der Waals surface area contributed by atoms with Gasteiger partial charge in [-0.2, -0.15) is 0 Å². The minimum atomic E-state index is 0.602. The second-order valence-electron chi connectivity index (χ2n) is 3.66. The molecule has 2 nitrogen and oxygen atoms in total. The van der Waals surface area contributed by atoms with Gasteiger partial charge in [-0.05, 0) is 24.1 Å². The molecule has 2 rings (SSSR count). The first-order chi connectivity index (χ1) is 6.24. The molecule has 0 amide bonds. The Morgan fingerprint density at radius 2 is 2.23 bits per heavy atom. The molecule has 70 valence electrons. The molecular weight excluding hydrogens is 162 g/mol. The molecule has 1 atom stereocenters. The van der Waals surface area contributed by atoms with Crippen molar-refractivity contribution in [2.75, 3.05) is 19.0 Å². The minimum absolute atomic E-state index is 0.602. The lowest BCUT2D eigenvalue weighted by Crippen LogP contribution is -1.96. The lowest BCUT2D eigenvalue weighted by Gasteiger charge is -2.10. The number of nitrogens with one attached hydrogen (secondary N) is 1. The third-order valence-electron chi connectivity index (χ3n) is 2.72. The van der Waals surface area contributed by atoms with Gasteiger partial charge >= 0.3 is 0 Å². The van der Waals surface area contributed by atoms with Gasteiger partial charge in [0.15, 0.2) is 0 Å². The summed E-state index contributed by atoms with van der Waals surface area (Å²) in [6.07, 6.45) is 0. The van der Waals surface area contributed by atoms with Gasteiger partial charge in [-0.25, -0.2) is 0 Å². The molecule has 1 unspecified atom stereocenters. The van der Waals surface area contributed by atoms with Crippen LogP contribution in [0, 0.1) is 6.92 Å².